The van der Waals surface area contributed by atoms with E-state index < -0.39 is 0 Å². The first-order valence-electron chi connectivity index (χ1n) is 10.1. The predicted octanol–water partition coefficient (Wildman–Crippen LogP) is 1.98. The molecule has 1 saturated heterocycles. The molecule has 3 heterocycles. The molecule has 1 fully saturated rings. The highest BCUT2D eigenvalue weighted by molar-refractivity contribution is 5.69. The van der Waals surface area contributed by atoms with E-state index in [1.165, 1.54) is 5.56 Å². The number of nitrogens with zero attached hydrogens (tertiary/aromatic N) is 5. The molecule has 0 spiro atoms. The minimum absolute atomic E-state index is 0.381. The number of nitrogen functional groups attached to an aromatic ring is 1. The molecule has 0 atom stereocenters. The molecule has 8 heteroatoms. The summed E-state index contributed by atoms with van der Waals surface area (Å²) in [5, 5.41) is 3.16. The number of nitrogens with two attached hydrogens (primary N) is 1. The lowest BCUT2D eigenvalue weighted by Gasteiger charge is -2.34. The summed E-state index contributed by atoms with van der Waals surface area (Å²) in [6.07, 6.45) is 3.57. The second-order valence-corrected chi connectivity index (χ2v) is 7.26. The zero-order valence-corrected chi connectivity index (χ0v) is 17.0. The second kappa shape index (κ2) is 8.59. The van der Waals surface area contributed by atoms with Gasteiger partial charge in [-0.05, 0) is 24.7 Å². The number of likely N-dealkylation sites (N-methyl/N-ethyl adjacent to an activating group) is 1. The molecule has 1 aromatic carbocycles. The fourth-order valence-corrected chi connectivity index (χ4v) is 3.60. The fourth-order valence-electron chi connectivity index (χ4n) is 3.60. The maximum Gasteiger partial charge on any atom is 0.160 e. The van der Waals surface area contributed by atoms with Gasteiger partial charge in [0.1, 0.15) is 5.82 Å². The first-order chi connectivity index (χ1) is 14.2. The Labute approximate surface area is 171 Å². The largest absolute Gasteiger partial charge is 0.382 e. The van der Waals surface area contributed by atoms with Crippen molar-refractivity contribution >= 4 is 11.6 Å². The van der Waals surface area contributed by atoms with Gasteiger partial charge in [0.25, 0.3) is 0 Å². The van der Waals surface area contributed by atoms with Crippen LogP contribution in [-0.2, 0) is 6.54 Å². The van der Waals surface area contributed by atoms with Crippen LogP contribution in [0.1, 0.15) is 12.5 Å². The van der Waals surface area contributed by atoms with Gasteiger partial charge in [-0.25, -0.2) is 15.0 Å². The number of rotatable bonds is 6. The average Bonchev–Trinajstić information content (AvgIpc) is 3.25. The third-order valence-corrected chi connectivity index (χ3v) is 5.38. The van der Waals surface area contributed by atoms with Crippen LogP contribution in [0, 0.1) is 0 Å². The first-order valence-corrected chi connectivity index (χ1v) is 10.1. The minimum Gasteiger partial charge on any atom is -0.382 e. The van der Waals surface area contributed by atoms with Crippen molar-refractivity contribution in [3.8, 4) is 22.8 Å². The van der Waals surface area contributed by atoms with Crippen molar-refractivity contribution < 1.29 is 0 Å². The highest BCUT2D eigenvalue weighted by Gasteiger charge is 2.19. The van der Waals surface area contributed by atoms with Gasteiger partial charge in [0, 0.05) is 32.7 Å². The standard InChI is InChI=1S/C21H28N8/c1-3-28-8-10-29(11-9-28)18-14-24-20(22)19(27-18)21-25-13-17(26-21)16-6-4-15(5-7-16)12-23-2/h4-7,13-14,23H,3,8-12H2,1-2H3,(H2,22,24)(H,25,26). The normalized spacial score (nSPS) is 15.0. The van der Waals surface area contributed by atoms with E-state index in [0.29, 0.717) is 17.3 Å². The van der Waals surface area contributed by atoms with Crippen LogP contribution in [-0.4, -0.2) is 64.6 Å². The van der Waals surface area contributed by atoms with Gasteiger partial charge in [-0.1, -0.05) is 31.2 Å². The van der Waals surface area contributed by atoms with Crippen molar-refractivity contribution in [3.63, 3.8) is 0 Å². The Morgan fingerprint density at radius 2 is 1.83 bits per heavy atom. The molecule has 0 aliphatic carbocycles. The van der Waals surface area contributed by atoms with Crippen LogP contribution in [0.4, 0.5) is 11.6 Å². The molecule has 4 N–H and O–H groups in total. The summed E-state index contributed by atoms with van der Waals surface area (Å²) in [6, 6.07) is 8.39. The maximum absolute atomic E-state index is 6.13. The van der Waals surface area contributed by atoms with Gasteiger partial charge in [0.15, 0.2) is 17.3 Å². The number of piperazine rings is 1. The van der Waals surface area contributed by atoms with E-state index in [-0.39, 0.29) is 0 Å². The van der Waals surface area contributed by atoms with E-state index >= 15 is 0 Å². The zero-order valence-electron chi connectivity index (χ0n) is 17.0. The Morgan fingerprint density at radius 3 is 2.52 bits per heavy atom. The molecular formula is C21H28N8. The van der Waals surface area contributed by atoms with Gasteiger partial charge < -0.3 is 25.8 Å². The molecule has 0 amide bonds. The first kappa shape index (κ1) is 19.4. The highest BCUT2D eigenvalue weighted by Crippen LogP contribution is 2.26. The van der Waals surface area contributed by atoms with Crippen molar-refractivity contribution in [1.82, 2.24) is 30.2 Å². The molecule has 0 radical (unpaired) electrons. The fraction of sp³-hybridized carbons (Fsp3) is 0.381. The van der Waals surface area contributed by atoms with Gasteiger partial charge in [0.2, 0.25) is 0 Å². The average molecular weight is 393 g/mol. The monoisotopic (exact) mass is 392 g/mol. The van der Waals surface area contributed by atoms with E-state index in [9.17, 15) is 0 Å². The second-order valence-electron chi connectivity index (χ2n) is 7.26. The molecule has 8 nitrogen and oxygen atoms in total. The van der Waals surface area contributed by atoms with Crippen LogP contribution in [0.2, 0.25) is 0 Å². The summed E-state index contributed by atoms with van der Waals surface area (Å²) in [7, 11) is 1.94. The van der Waals surface area contributed by atoms with Crippen LogP contribution >= 0.6 is 0 Å². The number of benzene rings is 1. The Balaban J connectivity index is 1.56. The van der Waals surface area contributed by atoms with Gasteiger partial charge in [-0.3, -0.25) is 0 Å². The molecule has 0 unspecified atom stereocenters. The summed E-state index contributed by atoms with van der Waals surface area (Å²) in [6.45, 7) is 8.07. The summed E-state index contributed by atoms with van der Waals surface area (Å²) in [4.78, 5) is 21.7. The lowest BCUT2D eigenvalue weighted by atomic mass is 10.1. The number of imidazole rings is 1. The number of nitrogens with one attached hydrogen (secondary N) is 2. The van der Waals surface area contributed by atoms with E-state index in [0.717, 1.165) is 56.3 Å². The molecule has 3 aromatic rings. The van der Waals surface area contributed by atoms with Crippen molar-refractivity contribution in [1.29, 1.82) is 0 Å². The third-order valence-electron chi connectivity index (χ3n) is 5.38. The van der Waals surface area contributed by atoms with E-state index in [1.54, 1.807) is 6.20 Å². The van der Waals surface area contributed by atoms with Crippen molar-refractivity contribution in [3.05, 3.63) is 42.2 Å². The van der Waals surface area contributed by atoms with Crippen LogP contribution < -0.4 is 16.0 Å². The number of H-pyrrole nitrogens is 1. The molecule has 152 valence electrons. The lowest BCUT2D eigenvalue weighted by Crippen LogP contribution is -2.46. The number of hydrogen-bond acceptors (Lipinski definition) is 7. The molecule has 1 aliphatic rings. The molecular weight excluding hydrogens is 364 g/mol. The number of hydrogen-bond donors (Lipinski definition) is 3. The lowest BCUT2D eigenvalue weighted by molar-refractivity contribution is 0.270. The van der Waals surface area contributed by atoms with Gasteiger partial charge in [-0.15, -0.1) is 0 Å². The van der Waals surface area contributed by atoms with Gasteiger partial charge >= 0.3 is 0 Å². The number of anilines is 2. The van der Waals surface area contributed by atoms with E-state index in [1.807, 2.05) is 13.2 Å². The van der Waals surface area contributed by atoms with Crippen molar-refractivity contribution in [2.45, 2.75) is 13.5 Å². The van der Waals surface area contributed by atoms with Crippen LogP contribution in [0.5, 0.6) is 0 Å². The van der Waals surface area contributed by atoms with Gasteiger partial charge in [-0.2, -0.15) is 0 Å². The Bertz CT molecular complexity index is 942. The topological polar surface area (TPSA) is 99.0 Å². The summed E-state index contributed by atoms with van der Waals surface area (Å²) >= 11 is 0. The Morgan fingerprint density at radius 1 is 1.07 bits per heavy atom. The molecule has 4 rings (SSSR count). The Kier molecular flexibility index (Phi) is 5.73. The third kappa shape index (κ3) is 4.23. The summed E-state index contributed by atoms with van der Waals surface area (Å²) < 4.78 is 0. The summed E-state index contributed by atoms with van der Waals surface area (Å²) in [5.41, 5.74) is 9.96. The number of aromatic amines is 1. The number of aromatic nitrogens is 4. The smallest absolute Gasteiger partial charge is 0.160 e. The molecule has 0 bridgehead atoms. The quantitative estimate of drug-likeness (QED) is 0.590. The van der Waals surface area contributed by atoms with E-state index in [4.69, 9.17) is 10.7 Å². The molecule has 2 aromatic heterocycles. The van der Waals surface area contributed by atoms with Crippen molar-refractivity contribution in [2.75, 3.05) is 50.4 Å². The van der Waals surface area contributed by atoms with E-state index in [2.05, 4.69) is 61.3 Å². The van der Waals surface area contributed by atoms with Crippen molar-refractivity contribution in [2.24, 2.45) is 0 Å². The minimum atomic E-state index is 0.381. The Hall–Kier alpha value is -2.97. The van der Waals surface area contributed by atoms with Crippen LogP contribution in [0.15, 0.2) is 36.7 Å². The highest BCUT2D eigenvalue weighted by atomic mass is 15.3. The maximum atomic E-state index is 6.13. The SMILES string of the molecule is CCN1CCN(c2cnc(N)c(-c3ncc(-c4ccc(CNC)cc4)[nH]3)n2)CC1. The van der Waals surface area contributed by atoms with Crippen LogP contribution in [0.25, 0.3) is 22.8 Å². The predicted molar refractivity (Wildman–Crippen MR) is 117 cm³/mol. The van der Waals surface area contributed by atoms with Gasteiger partial charge in [0.05, 0.1) is 18.1 Å². The van der Waals surface area contributed by atoms with Crippen LogP contribution in [0.3, 0.4) is 0 Å². The summed E-state index contributed by atoms with van der Waals surface area (Å²) in [5.74, 6) is 1.86. The molecule has 1 aliphatic heterocycles. The molecule has 0 saturated carbocycles. The zero-order chi connectivity index (χ0) is 20.2. The molecule has 29 heavy (non-hydrogen) atoms.